The fourth-order valence-electron chi connectivity index (χ4n) is 11.8. The van der Waals surface area contributed by atoms with Crippen LogP contribution in [0.4, 0.5) is 0 Å². The summed E-state index contributed by atoms with van der Waals surface area (Å²) in [7, 11) is 0. The van der Waals surface area contributed by atoms with Gasteiger partial charge in [0.2, 0.25) is 5.91 Å². The van der Waals surface area contributed by atoms with Gasteiger partial charge in [0.1, 0.15) is 24.4 Å². The summed E-state index contributed by atoms with van der Waals surface area (Å²) in [6, 6.07) is -0.714. The summed E-state index contributed by atoms with van der Waals surface area (Å²) in [6.45, 7) is 3.89. The van der Waals surface area contributed by atoms with Crippen LogP contribution in [0.15, 0.2) is 0 Å². The number of hydrogen-bond acceptors (Lipinski definition) is 8. The van der Waals surface area contributed by atoms with Crippen LogP contribution in [0.1, 0.15) is 373 Å². The highest BCUT2D eigenvalue weighted by atomic mass is 16.7. The van der Waals surface area contributed by atoms with E-state index in [-0.39, 0.29) is 12.5 Å². The Morgan fingerprint density at radius 1 is 0.390 bits per heavy atom. The summed E-state index contributed by atoms with van der Waals surface area (Å²) in [5.41, 5.74) is 0. The van der Waals surface area contributed by atoms with E-state index in [2.05, 4.69) is 19.2 Å². The van der Waals surface area contributed by atoms with Gasteiger partial charge in [-0.1, -0.05) is 354 Å². The molecule has 0 aromatic rings. The second-order valence-corrected chi connectivity index (χ2v) is 24.7. The van der Waals surface area contributed by atoms with E-state index in [9.17, 15) is 30.3 Å². The van der Waals surface area contributed by atoms with Crippen molar-refractivity contribution in [1.29, 1.82) is 0 Å². The summed E-state index contributed by atoms with van der Waals surface area (Å²) >= 11 is 0. The number of unbranched alkanes of at least 4 members (excludes halogenated alkanes) is 52. The van der Waals surface area contributed by atoms with Gasteiger partial charge in [-0.3, -0.25) is 4.79 Å². The number of ether oxygens (including phenoxy) is 2. The lowest BCUT2D eigenvalue weighted by Crippen LogP contribution is -2.60. The molecule has 460 valence electrons. The van der Waals surface area contributed by atoms with Crippen LogP contribution >= 0.6 is 0 Å². The zero-order chi connectivity index (χ0) is 55.8. The Balaban J connectivity index is 2.01. The molecule has 0 bridgehead atoms. The second kappa shape index (κ2) is 58.4. The lowest BCUT2D eigenvalue weighted by Gasteiger charge is -2.40. The molecule has 0 aromatic carbocycles. The minimum Gasteiger partial charge on any atom is -0.394 e. The highest BCUT2D eigenvalue weighted by Gasteiger charge is 2.44. The van der Waals surface area contributed by atoms with Gasteiger partial charge in [0.15, 0.2) is 6.29 Å². The third kappa shape index (κ3) is 47.4. The highest BCUT2D eigenvalue weighted by Crippen LogP contribution is 2.24. The van der Waals surface area contributed by atoms with E-state index in [4.69, 9.17) is 9.47 Å². The smallest absolute Gasteiger partial charge is 0.220 e. The Hall–Kier alpha value is -0.810. The molecule has 0 aliphatic carbocycles. The third-order valence-corrected chi connectivity index (χ3v) is 17.2. The Morgan fingerprint density at radius 2 is 0.649 bits per heavy atom. The topological polar surface area (TPSA) is 149 Å². The van der Waals surface area contributed by atoms with E-state index in [1.807, 2.05) is 0 Å². The highest BCUT2D eigenvalue weighted by molar-refractivity contribution is 5.76. The monoisotopic (exact) mass is 1090 g/mol. The van der Waals surface area contributed by atoms with Crippen molar-refractivity contribution in [2.24, 2.45) is 0 Å². The molecule has 1 aliphatic heterocycles. The quantitative estimate of drug-likeness (QED) is 0.0330. The van der Waals surface area contributed by atoms with E-state index in [1.54, 1.807) is 0 Å². The molecule has 1 aliphatic rings. The summed E-state index contributed by atoms with van der Waals surface area (Å²) < 4.78 is 11.3. The standard InChI is InChI=1S/C68H135NO8/c1-3-5-7-9-11-13-15-17-19-21-22-23-24-25-26-27-28-29-30-31-32-33-34-35-36-37-38-39-40-41-42-44-46-48-50-52-54-56-58-64(72)69-61(60-76-68-67(75)66(74)65(73)63(59-70)77-68)62(71)57-55-53-51-49-47-45-43-20-18-16-14-12-10-8-6-4-2/h61-63,65-68,70-71,73-75H,3-60H2,1-2H3,(H,69,72). The SMILES string of the molecule is CCCCCCCCCCCCCCCCCCCCCCCCCCCCCCCCCCCCCCCCC(=O)NC(COC1OC(CO)C(O)C(O)C1O)C(O)CCCCCCCCCCCCCCCCCC. The molecule has 1 heterocycles. The number of nitrogens with one attached hydrogen (secondary N) is 1. The van der Waals surface area contributed by atoms with Crippen molar-refractivity contribution in [1.82, 2.24) is 5.32 Å². The average Bonchev–Trinajstić information content (AvgIpc) is 3.43. The molecule has 0 aromatic heterocycles. The fourth-order valence-corrected chi connectivity index (χ4v) is 11.8. The van der Waals surface area contributed by atoms with Crippen LogP contribution in [0, 0.1) is 0 Å². The minimum atomic E-state index is -1.55. The molecule has 7 unspecified atom stereocenters. The number of rotatable bonds is 62. The molecule has 0 spiro atoms. The second-order valence-electron chi connectivity index (χ2n) is 24.7. The predicted molar refractivity (Wildman–Crippen MR) is 328 cm³/mol. The number of aliphatic hydroxyl groups excluding tert-OH is 5. The molecule has 0 radical (unpaired) electrons. The Morgan fingerprint density at radius 3 is 0.922 bits per heavy atom. The Bertz CT molecular complexity index is 1180. The molecule has 0 saturated carbocycles. The van der Waals surface area contributed by atoms with Crippen molar-refractivity contribution in [3.05, 3.63) is 0 Å². The predicted octanol–water partition coefficient (Wildman–Crippen LogP) is 18.5. The van der Waals surface area contributed by atoms with Crippen molar-refractivity contribution in [3.8, 4) is 0 Å². The molecule has 1 saturated heterocycles. The van der Waals surface area contributed by atoms with Gasteiger partial charge >= 0.3 is 0 Å². The minimum absolute atomic E-state index is 0.131. The van der Waals surface area contributed by atoms with E-state index in [0.29, 0.717) is 12.8 Å². The van der Waals surface area contributed by atoms with Gasteiger partial charge in [-0.2, -0.15) is 0 Å². The van der Waals surface area contributed by atoms with Crippen molar-refractivity contribution >= 4 is 5.91 Å². The maximum absolute atomic E-state index is 13.1. The lowest BCUT2D eigenvalue weighted by atomic mass is 9.99. The molecule has 77 heavy (non-hydrogen) atoms. The maximum Gasteiger partial charge on any atom is 0.220 e. The molecular formula is C68H135NO8. The van der Waals surface area contributed by atoms with Gasteiger partial charge in [0.25, 0.3) is 0 Å². The number of aliphatic hydroxyl groups is 5. The number of hydrogen-bond donors (Lipinski definition) is 6. The van der Waals surface area contributed by atoms with E-state index in [0.717, 1.165) is 38.5 Å². The van der Waals surface area contributed by atoms with Crippen LogP contribution in [0.2, 0.25) is 0 Å². The first kappa shape index (κ1) is 74.2. The van der Waals surface area contributed by atoms with Gasteiger partial charge in [0, 0.05) is 6.42 Å². The van der Waals surface area contributed by atoms with Crippen LogP contribution in [0.5, 0.6) is 0 Å². The van der Waals surface area contributed by atoms with Gasteiger partial charge in [-0.15, -0.1) is 0 Å². The van der Waals surface area contributed by atoms with Crippen LogP contribution < -0.4 is 5.32 Å². The first-order valence-corrected chi connectivity index (χ1v) is 34.7. The summed E-state index contributed by atoms with van der Waals surface area (Å²) in [5.74, 6) is -0.134. The molecule has 7 atom stereocenters. The van der Waals surface area contributed by atoms with Gasteiger partial charge in [-0.05, 0) is 12.8 Å². The number of amides is 1. The Labute approximate surface area is 478 Å². The largest absolute Gasteiger partial charge is 0.394 e. The average molecular weight is 1090 g/mol. The van der Waals surface area contributed by atoms with Crippen LogP contribution in [0.25, 0.3) is 0 Å². The van der Waals surface area contributed by atoms with Crippen molar-refractivity contribution in [3.63, 3.8) is 0 Å². The first-order valence-electron chi connectivity index (χ1n) is 34.7. The van der Waals surface area contributed by atoms with Crippen LogP contribution in [-0.4, -0.2) is 87.5 Å². The van der Waals surface area contributed by atoms with Crippen LogP contribution in [0.3, 0.4) is 0 Å². The van der Waals surface area contributed by atoms with Gasteiger partial charge in [-0.25, -0.2) is 0 Å². The van der Waals surface area contributed by atoms with Gasteiger partial charge in [0.05, 0.1) is 25.4 Å². The zero-order valence-electron chi connectivity index (χ0n) is 51.5. The molecule has 9 heteroatoms. The van der Waals surface area contributed by atoms with E-state index in [1.165, 1.54) is 308 Å². The van der Waals surface area contributed by atoms with Crippen LogP contribution in [-0.2, 0) is 14.3 Å². The third-order valence-electron chi connectivity index (χ3n) is 17.2. The molecule has 1 rings (SSSR count). The van der Waals surface area contributed by atoms with Gasteiger partial charge < -0.3 is 40.3 Å². The molecule has 1 fully saturated rings. The van der Waals surface area contributed by atoms with Crippen molar-refractivity contribution in [2.75, 3.05) is 13.2 Å². The lowest BCUT2D eigenvalue weighted by molar-refractivity contribution is -0.302. The van der Waals surface area contributed by atoms with E-state index < -0.39 is 49.5 Å². The number of carbonyl (C=O) groups is 1. The summed E-state index contributed by atoms with van der Waals surface area (Å²) in [5, 5.41) is 54.8. The Kier molecular flexibility index (Phi) is 56.3. The summed E-state index contributed by atoms with van der Waals surface area (Å²) in [4.78, 5) is 13.1. The summed E-state index contributed by atoms with van der Waals surface area (Å²) in [6.07, 6.45) is 66.2. The van der Waals surface area contributed by atoms with Crippen molar-refractivity contribution in [2.45, 2.75) is 416 Å². The number of carbonyl (C=O) groups excluding carboxylic acids is 1. The maximum atomic E-state index is 13.1. The first-order chi connectivity index (χ1) is 37.8. The van der Waals surface area contributed by atoms with E-state index >= 15 is 0 Å². The zero-order valence-corrected chi connectivity index (χ0v) is 51.5. The normalized spacial score (nSPS) is 18.6. The molecule has 9 nitrogen and oxygen atoms in total. The fraction of sp³-hybridized carbons (Fsp3) is 0.985. The van der Waals surface area contributed by atoms with Crippen molar-refractivity contribution < 1.29 is 39.8 Å². The molecule has 6 N–H and O–H groups in total. The molecular weight excluding hydrogens is 959 g/mol. The molecule has 1 amide bonds.